The summed E-state index contributed by atoms with van der Waals surface area (Å²) in [6, 6.07) is 74.9. The van der Waals surface area contributed by atoms with Crippen LogP contribution in [-0.2, 0) is 0 Å². The van der Waals surface area contributed by atoms with E-state index in [-0.39, 0.29) is 0 Å². The first-order valence-corrected chi connectivity index (χ1v) is 20.6. The van der Waals surface area contributed by atoms with Gasteiger partial charge in [-0.2, -0.15) is 0 Å². The highest BCUT2D eigenvalue weighted by molar-refractivity contribution is 6.10. The van der Waals surface area contributed by atoms with Crippen molar-refractivity contribution in [1.82, 2.24) is 9.97 Å². The minimum absolute atomic E-state index is 0.554. The van der Waals surface area contributed by atoms with Gasteiger partial charge < -0.3 is 0 Å². The summed E-state index contributed by atoms with van der Waals surface area (Å²) < 4.78 is 0. The molecule has 0 amide bonds. The molecule has 1 aromatic heterocycles. The lowest BCUT2D eigenvalue weighted by molar-refractivity contribution is 1.02. The van der Waals surface area contributed by atoms with Crippen LogP contribution in [0.15, 0.2) is 206 Å². The van der Waals surface area contributed by atoms with E-state index in [9.17, 15) is 0 Å². The van der Waals surface area contributed by atoms with Crippen molar-refractivity contribution in [3.63, 3.8) is 0 Å². The summed E-state index contributed by atoms with van der Waals surface area (Å²) in [6.45, 7) is 0. The molecule has 9 aromatic carbocycles. The zero-order chi connectivity index (χ0) is 38.9. The third kappa shape index (κ3) is 5.71. The van der Waals surface area contributed by atoms with Crippen LogP contribution >= 0.6 is 0 Å². The molecule has 0 aliphatic heterocycles. The molecule has 12 rings (SSSR count). The van der Waals surface area contributed by atoms with E-state index in [0.717, 1.165) is 39.5 Å². The van der Waals surface area contributed by atoms with Crippen LogP contribution in [-0.4, -0.2) is 9.97 Å². The molecule has 1 saturated carbocycles. The van der Waals surface area contributed by atoms with E-state index in [0.29, 0.717) is 11.8 Å². The molecular formula is C57H38N2. The van der Waals surface area contributed by atoms with Crippen molar-refractivity contribution in [2.75, 3.05) is 0 Å². The van der Waals surface area contributed by atoms with Gasteiger partial charge in [0.2, 0.25) is 0 Å². The molecule has 1 heterocycles. The van der Waals surface area contributed by atoms with Gasteiger partial charge in [0.05, 0.1) is 11.4 Å². The number of nitrogens with zero attached hydrogens (tertiary/aromatic N) is 2. The highest BCUT2D eigenvalue weighted by atomic mass is 14.9. The molecule has 2 atom stereocenters. The Hall–Kier alpha value is -7.42. The lowest BCUT2D eigenvalue weighted by atomic mass is 9.77. The molecule has 2 heteroatoms. The van der Waals surface area contributed by atoms with E-state index in [1.165, 1.54) is 78.0 Å². The Balaban J connectivity index is 0.994. The van der Waals surface area contributed by atoms with Crippen LogP contribution in [0.5, 0.6) is 0 Å². The van der Waals surface area contributed by atoms with Crippen molar-refractivity contribution >= 4 is 21.5 Å². The summed E-state index contributed by atoms with van der Waals surface area (Å²) in [5.41, 5.74) is 18.2. The Morgan fingerprint density at radius 3 is 1.69 bits per heavy atom. The Morgan fingerprint density at radius 2 is 0.898 bits per heavy atom. The lowest BCUT2D eigenvalue weighted by Gasteiger charge is -2.26. The average molecular weight is 751 g/mol. The molecule has 2 nitrogen and oxygen atoms in total. The summed E-state index contributed by atoms with van der Waals surface area (Å²) in [7, 11) is 0. The number of hydrogen-bond donors (Lipinski definition) is 0. The molecule has 2 aliphatic carbocycles. The van der Waals surface area contributed by atoms with Gasteiger partial charge in [0, 0.05) is 16.7 Å². The number of benzene rings is 9. The van der Waals surface area contributed by atoms with E-state index >= 15 is 0 Å². The SMILES string of the molecule is c1ccc(-c2cc(-c3cccc(-c4cccc(-c5cccc6c5-c5cc(-c7cccc8ccccc78)c7ccccc7c5C5CC65)c4)c3)nc(-c3ccccc3)n2)cc1. The lowest BCUT2D eigenvalue weighted by Crippen LogP contribution is -2.03. The molecule has 2 unspecified atom stereocenters. The van der Waals surface area contributed by atoms with E-state index < -0.39 is 0 Å². The second-order valence-corrected chi connectivity index (χ2v) is 16.0. The van der Waals surface area contributed by atoms with Gasteiger partial charge in [-0.3, -0.25) is 0 Å². The summed E-state index contributed by atoms with van der Waals surface area (Å²) in [4.78, 5) is 10.2. The van der Waals surface area contributed by atoms with Crippen LogP contribution in [0.3, 0.4) is 0 Å². The van der Waals surface area contributed by atoms with Crippen LogP contribution in [0, 0.1) is 0 Å². The normalized spacial score (nSPS) is 15.1. The Labute approximate surface area is 344 Å². The van der Waals surface area contributed by atoms with Gasteiger partial charge in [-0.05, 0) is 120 Å². The summed E-state index contributed by atoms with van der Waals surface area (Å²) in [6.07, 6.45) is 1.20. The molecule has 0 N–H and O–H groups in total. The second kappa shape index (κ2) is 13.6. The van der Waals surface area contributed by atoms with Gasteiger partial charge in [-0.15, -0.1) is 0 Å². The fraction of sp³-hybridized carbons (Fsp3) is 0.0526. The van der Waals surface area contributed by atoms with Crippen LogP contribution in [0.1, 0.15) is 29.4 Å². The fourth-order valence-electron chi connectivity index (χ4n) is 9.76. The van der Waals surface area contributed by atoms with E-state index in [2.05, 4.69) is 182 Å². The second-order valence-electron chi connectivity index (χ2n) is 16.0. The number of fused-ring (bicyclic) bond motifs is 9. The van der Waals surface area contributed by atoms with Crippen molar-refractivity contribution in [3.8, 4) is 78.4 Å². The first-order chi connectivity index (χ1) is 29.2. The van der Waals surface area contributed by atoms with Gasteiger partial charge in [0.1, 0.15) is 0 Å². The van der Waals surface area contributed by atoms with Crippen LogP contribution in [0.2, 0.25) is 0 Å². The predicted octanol–water partition coefficient (Wildman–Crippen LogP) is 15.0. The van der Waals surface area contributed by atoms with Crippen molar-refractivity contribution in [2.24, 2.45) is 0 Å². The van der Waals surface area contributed by atoms with Gasteiger partial charge in [-0.1, -0.05) is 182 Å². The highest BCUT2D eigenvalue weighted by Crippen LogP contribution is 2.65. The van der Waals surface area contributed by atoms with E-state index in [4.69, 9.17) is 9.97 Å². The molecule has 10 aromatic rings. The van der Waals surface area contributed by atoms with E-state index in [1.807, 2.05) is 24.3 Å². The smallest absolute Gasteiger partial charge is 0.160 e. The zero-order valence-corrected chi connectivity index (χ0v) is 32.4. The van der Waals surface area contributed by atoms with Crippen LogP contribution in [0.4, 0.5) is 0 Å². The zero-order valence-electron chi connectivity index (χ0n) is 32.4. The van der Waals surface area contributed by atoms with Crippen molar-refractivity contribution in [2.45, 2.75) is 18.3 Å². The maximum absolute atomic E-state index is 5.14. The van der Waals surface area contributed by atoms with Gasteiger partial charge in [-0.25, -0.2) is 9.97 Å². The minimum Gasteiger partial charge on any atom is -0.228 e. The molecule has 2 aliphatic rings. The molecule has 1 fully saturated rings. The maximum Gasteiger partial charge on any atom is 0.160 e. The minimum atomic E-state index is 0.554. The fourth-order valence-corrected chi connectivity index (χ4v) is 9.76. The largest absolute Gasteiger partial charge is 0.228 e. The first kappa shape index (κ1) is 33.7. The number of aromatic nitrogens is 2. The predicted molar refractivity (Wildman–Crippen MR) is 245 cm³/mol. The number of hydrogen-bond acceptors (Lipinski definition) is 2. The quantitative estimate of drug-likeness (QED) is 0.169. The average Bonchev–Trinajstić information content (AvgIpc) is 4.13. The molecule has 59 heavy (non-hydrogen) atoms. The molecule has 276 valence electrons. The summed E-state index contributed by atoms with van der Waals surface area (Å²) in [5, 5.41) is 5.29. The highest BCUT2D eigenvalue weighted by Gasteiger charge is 2.47. The molecule has 0 spiro atoms. The molecule has 0 radical (unpaired) electrons. The third-order valence-corrected chi connectivity index (χ3v) is 12.6. The number of rotatable bonds is 6. The molecule has 0 saturated heterocycles. The third-order valence-electron chi connectivity index (χ3n) is 12.6. The Bertz CT molecular complexity index is 3190. The summed E-state index contributed by atoms with van der Waals surface area (Å²) >= 11 is 0. The topological polar surface area (TPSA) is 25.8 Å². The van der Waals surface area contributed by atoms with Crippen LogP contribution in [0.25, 0.3) is 100.0 Å². The van der Waals surface area contributed by atoms with Crippen molar-refractivity contribution in [3.05, 3.63) is 217 Å². The van der Waals surface area contributed by atoms with Gasteiger partial charge in [0.15, 0.2) is 5.82 Å². The Morgan fingerprint density at radius 1 is 0.339 bits per heavy atom. The van der Waals surface area contributed by atoms with Gasteiger partial charge in [0.25, 0.3) is 0 Å². The molecular weight excluding hydrogens is 713 g/mol. The van der Waals surface area contributed by atoms with Gasteiger partial charge >= 0.3 is 0 Å². The van der Waals surface area contributed by atoms with Crippen molar-refractivity contribution < 1.29 is 0 Å². The van der Waals surface area contributed by atoms with Crippen LogP contribution < -0.4 is 0 Å². The maximum atomic E-state index is 5.14. The van der Waals surface area contributed by atoms with E-state index in [1.54, 1.807) is 0 Å². The molecule has 0 bridgehead atoms. The monoisotopic (exact) mass is 750 g/mol. The first-order valence-electron chi connectivity index (χ1n) is 20.6. The van der Waals surface area contributed by atoms with Crippen molar-refractivity contribution in [1.29, 1.82) is 0 Å². The summed E-state index contributed by atoms with van der Waals surface area (Å²) in [5.74, 6) is 1.83. The Kier molecular flexibility index (Phi) is 7.77. The standard InChI is InChI=1S/C57H38N2/c1-3-16-37(17-4-1)53-35-54(59-57(58-53)38-18-5-2-6-19-38)42-24-12-22-40(32-42)39-21-11-23-41(31-39)44-28-14-30-48-50-33-51(50)56-47-27-10-9-26-46(47)49(34-52(56)55(44)48)45-29-13-20-36-15-7-8-25-43(36)45/h1-32,34-35,50-51H,33H2.